The van der Waals surface area contributed by atoms with Gasteiger partial charge in [0.1, 0.15) is 5.41 Å². The van der Waals surface area contributed by atoms with E-state index in [-0.39, 0.29) is 23.6 Å². The molecule has 1 aliphatic heterocycles. The van der Waals surface area contributed by atoms with Crippen molar-refractivity contribution in [3.05, 3.63) is 0 Å². The number of oxime groups is 1. The molecule has 0 radical (unpaired) electrons. The highest BCUT2D eigenvalue weighted by molar-refractivity contribution is 6.05. The molecule has 7 heteroatoms. The first kappa shape index (κ1) is 15.3. The average Bonchev–Trinajstić information content (AvgIpc) is 2.44. The van der Waals surface area contributed by atoms with Crippen LogP contribution in [0.1, 0.15) is 26.7 Å². The Morgan fingerprint density at radius 2 is 1.89 bits per heavy atom. The molecule has 7 nitrogen and oxygen atoms in total. The minimum absolute atomic E-state index is 0.0165. The Kier molecular flexibility index (Phi) is 4.74. The van der Waals surface area contributed by atoms with Gasteiger partial charge >= 0.3 is 0 Å². The van der Waals surface area contributed by atoms with E-state index >= 15 is 0 Å². The van der Waals surface area contributed by atoms with E-state index in [2.05, 4.69) is 10.5 Å². The SMILES string of the molecule is CNC(=O)C1CCN(C(=O)C(C)(C)C(N)=NO)CC1. The van der Waals surface area contributed by atoms with Gasteiger partial charge in [0.05, 0.1) is 0 Å². The Labute approximate surface area is 112 Å². The third kappa shape index (κ3) is 3.15. The number of likely N-dealkylation sites (tertiary alicyclic amines) is 1. The van der Waals surface area contributed by atoms with Gasteiger partial charge in [0, 0.05) is 26.1 Å². The number of amides is 2. The maximum absolute atomic E-state index is 12.3. The van der Waals surface area contributed by atoms with Gasteiger partial charge in [0.25, 0.3) is 0 Å². The second-order valence-corrected chi connectivity index (χ2v) is 5.29. The number of piperidine rings is 1. The van der Waals surface area contributed by atoms with Crippen LogP contribution in [-0.2, 0) is 9.59 Å². The van der Waals surface area contributed by atoms with Crippen molar-refractivity contribution in [2.45, 2.75) is 26.7 Å². The van der Waals surface area contributed by atoms with Crippen molar-refractivity contribution in [1.29, 1.82) is 0 Å². The van der Waals surface area contributed by atoms with Crippen molar-refractivity contribution < 1.29 is 14.8 Å². The molecule has 2 amide bonds. The summed E-state index contributed by atoms with van der Waals surface area (Å²) in [6.45, 7) is 4.27. The summed E-state index contributed by atoms with van der Waals surface area (Å²) >= 11 is 0. The van der Waals surface area contributed by atoms with E-state index in [0.717, 1.165) is 0 Å². The molecule has 4 N–H and O–H groups in total. The van der Waals surface area contributed by atoms with Gasteiger partial charge in [0.2, 0.25) is 11.8 Å². The first-order chi connectivity index (χ1) is 8.84. The van der Waals surface area contributed by atoms with Gasteiger partial charge in [-0.05, 0) is 26.7 Å². The molecule has 1 heterocycles. The lowest BCUT2D eigenvalue weighted by Crippen LogP contribution is -2.51. The minimum Gasteiger partial charge on any atom is -0.409 e. The van der Waals surface area contributed by atoms with Crippen molar-refractivity contribution >= 4 is 17.6 Å². The van der Waals surface area contributed by atoms with Crippen LogP contribution < -0.4 is 11.1 Å². The molecule has 19 heavy (non-hydrogen) atoms. The number of carbonyl (C=O) groups excluding carboxylic acids is 2. The molecule has 1 rings (SSSR count). The van der Waals surface area contributed by atoms with Gasteiger partial charge in [-0.3, -0.25) is 9.59 Å². The fourth-order valence-electron chi connectivity index (χ4n) is 2.18. The van der Waals surface area contributed by atoms with Crippen LogP contribution in [-0.4, -0.2) is 47.9 Å². The Balaban J connectivity index is 2.66. The first-order valence-electron chi connectivity index (χ1n) is 6.33. The van der Waals surface area contributed by atoms with Crippen molar-refractivity contribution in [2.24, 2.45) is 22.2 Å². The van der Waals surface area contributed by atoms with E-state index in [1.807, 2.05) is 0 Å². The summed E-state index contributed by atoms with van der Waals surface area (Å²) in [5.41, 5.74) is 4.51. The molecule has 0 bridgehead atoms. The maximum atomic E-state index is 12.3. The van der Waals surface area contributed by atoms with Gasteiger partial charge in [-0.25, -0.2) is 0 Å². The first-order valence-corrected chi connectivity index (χ1v) is 6.33. The molecule has 0 aromatic carbocycles. The molecule has 1 saturated heterocycles. The van der Waals surface area contributed by atoms with Gasteiger partial charge < -0.3 is 21.2 Å². The fourth-order valence-corrected chi connectivity index (χ4v) is 2.18. The lowest BCUT2D eigenvalue weighted by Gasteiger charge is -2.35. The lowest BCUT2D eigenvalue weighted by atomic mass is 9.88. The van der Waals surface area contributed by atoms with E-state index in [1.165, 1.54) is 0 Å². The van der Waals surface area contributed by atoms with Crippen molar-refractivity contribution in [3.8, 4) is 0 Å². The highest BCUT2D eigenvalue weighted by Gasteiger charge is 2.38. The number of nitrogens with two attached hydrogens (primary N) is 1. The largest absolute Gasteiger partial charge is 0.409 e. The molecule has 1 fully saturated rings. The third-order valence-electron chi connectivity index (χ3n) is 3.68. The molecular formula is C12H22N4O3. The molecule has 0 spiro atoms. The molecule has 0 atom stereocenters. The van der Waals surface area contributed by atoms with E-state index in [0.29, 0.717) is 25.9 Å². The van der Waals surface area contributed by atoms with Crippen molar-refractivity contribution in [1.82, 2.24) is 10.2 Å². The Morgan fingerprint density at radius 3 is 2.32 bits per heavy atom. The standard InChI is InChI=1S/C12H22N4O3/c1-12(2,10(13)15-19)11(18)16-6-4-8(5-7-16)9(17)14-3/h8,19H,4-7H2,1-3H3,(H2,13,15)(H,14,17). The Morgan fingerprint density at radius 1 is 1.37 bits per heavy atom. The number of hydrogen-bond acceptors (Lipinski definition) is 4. The average molecular weight is 270 g/mol. The van der Waals surface area contributed by atoms with Crippen LogP contribution in [0, 0.1) is 11.3 Å². The zero-order valence-electron chi connectivity index (χ0n) is 11.6. The maximum Gasteiger partial charge on any atom is 0.235 e. The predicted octanol–water partition coefficient (Wildman–Crippen LogP) is -0.256. The summed E-state index contributed by atoms with van der Waals surface area (Å²) in [4.78, 5) is 25.5. The fraction of sp³-hybridized carbons (Fsp3) is 0.750. The van der Waals surface area contributed by atoms with Crippen LogP contribution in [0.4, 0.5) is 0 Å². The number of amidine groups is 1. The van der Waals surface area contributed by atoms with E-state index in [4.69, 9.17) is 10.9 Å². The van der Waals surface area contributed by atoms with Crippen LogP contribution in [0.2, 0.25) is 0 Å². The monoisotopic (exact) mass is 270 g/mol. The molecule has 0 aromatic rings. The summed E-state index contributed by atoms with van der Waals surface area (Å²) in [6.07, 6.45) is 1.27. The zero-order valence-corrected chi connectivity index (χ0v) is 11.6. The predicted molar refractivity (Wildman–Crippen MR) is 70.6 cm³/mol. The molecule has 108 valence electrons. The minimum atomic E-state index is -1.03. The number of nitrogens with zero attached hydrogens (tertiary/aromatic N) is 2. The second-order valence-electron chi connectivity index (χ2n) is 5.29. The topological polar surface area (TPSA) is 108 Å². The van der Waals surface area contributed by atoms with Gasteiger partial charge in [-0.1, -0.05) is 5.16 Å². The molecule has 1 aliphatic rings. The highest BCUT2D eigenvalue weighted by Crippen LogP contribution is 2.24. The normalized spacial score (nSPS) is 18.3. The number of hydrogen-bond donors (Lipinski definition) is 3. The summed E-state index contributed by atoms with van der Waals surface area (Å²) in [6, 6.07) is 0. The third-order valence-corrected chi connectivity index (χ3v) is 3.68. The molecule has 0 unspecified atom stereocenters. The van der Waals surface area contributed by atoms with Crippen LogP contribution >= 0.6 is 0 Å². The van der Waals surface area contributed by atoms with Crippen molar-refractivity contribution in [3.63, 3.8) is 0 Å². The van der Waals surface area contributed by atoms with E-state index < -0.39 is 5.41 Å². The summed E-state index contributed by atoms with van der Waals surface area (Å²) < 4.78 is 0. The Bertz CT molecular complexity index is 384. The summed E-state index contributed by atoms with van der Waals surface area (Å²) in [5, 5.41) is 14.2. The quantitative estimate of drug-likeness (QED) is 0.284. The van der Waals surface area contributed by atoms with Gasteiger partial charge in [-0.2, -0.15) is 0 Å². The number of carbonyl (C=O) groups is 2. The summed E-state index contributed by atoms with van der Waals surface area (Å²) in [7, 11) is 1.61. The molecule has 0 aromatic heterocycles. The number of nitrogens with one attached hydrogen (secondary N) is 1. The van der Waals surface area contributed by atoms with Gasteiger partial charge in [-0.15, -0.1) is 0 Å². The van der Waals surface area contributed by atoms with E-state index in [1.54, 1.807) is 25.8 Å². The molecule has 0 saturated carbocycles. The van der Waals surface area contributed by atoms with Crippen molar-refractivity contribution in [2.75, 3.05) is 20.1 Å². The highest BCUT2D eigenvalue weighted by atomic mass is 16.4. The second kappa shape index (κ2) is 5.90. The molecular weight excluding hydrogens is 248 g/mol. The number of rotatable bonds is 3. The van der Waals surface area contributed by atoms with Crippen LogP contribution in [0.25, 0.3) is 0 Å². The van der Waals surface area contributed by atoms with Crippen LogP contribution in [0.5, 0.6) is 0 Å². The summed E-state index contributed by atoms with van der Waals surface area (Å²) in [5.74, 6) is -0.312. The molecule has 0 aliphatic carbocycles. The van der Waals surface area contributed by atoms with Gasteiger partial charge in [0.15, 0.2) is 5.84 Å². The van der Waals surface area contributed by atoms with Crippen LogP contribution in [0.3, 0.4) is 0 Å². The smallest absolute Gasteiger partial charge is 0.235 e. The van der Waals surface area contributed by atoms with Crippen LogP contribution in [0.15, 0.2) is 5.16 Å². The van der Waals surface area contributed by atoms with E-state index in [9.17, 15) is 9.59 Å². The zero-order chi connectivity index (χ0) is 14.6. The Hall–Kier alpha value is -1.79. The lowest BCUT2D eigenvalue weighted by molar-refractivity contribution is -0.140.